The molecule has 1 amide bonds. The van der Waals surface area contributed by atoms with E-state index in [-0.39, 0.29) is 63.9 Å². The lowest BCUT2D eigenvalue weighted by molar-refractivity contribution is -0.118. The third kappa shape index (κ3) is 5.63. The Bertz CT molecular complexity index is 1540. The van der Waals surface area contributed by atoms with Crippen LogP contribution in [0.4, 0.5) is 5.95 Å². The van der Waals surface area contributed by atoms with Crippen LogP contribution in [0, 0.1) is 5.92 Å². The molecule has 11 nitrogen and oxygen atoms in total. The van der Waals surface area contributed by atoms with E-state index in [0.717, 1.165) is 5.52 Å². The number of rotatable bonds is 7. The molecule has 236 valence electrons. The van der Waals surface area contributed by atoms with Crippen LogP contribution in [0.15, 0.2) is 23.3 Å². The molecule has 43 heavy (non-hydrogen) atoms. The summed E-state index contributed by atoms with van der Waals surface area (Å²) in [6, 6.07) is 3.56. The Hall–Kier alpha value is -2.43. The van der Waals surface area contributed by atoms with Crippen LogP contribution < -0.4 is 10.9 Å². The molecule has 0 unspecified atom stereocenters. The Balaban J connectivity index is 1.52. The van der Waals surface area contributed by atoms with E-state index in [1.165, 1.54) is 0 Å². The van der Waals surface area contributed by atoms with Gasteiger partial charge in [-0.1, -0.05) is 69.2 Å². The summed E-state index contributed by atoms with van der Waals surface area (Å²) in [7, 11) is -5.42. The van der Waals surface area contributed by atoms with Gasteiger partial charge in [0.05, 0.1) is 41.0 Å². The monoisotopic (exact) mass is 629 g/mol. The van der Waals surface area contributed by atoms with Crippen molar-refractivity contribution in [2.24, 2.45) is 5.92 Å². The maximum absolute atomic E-state index is 12.9. The number of imidazole rings is 1. The van der Waals surface area contributed by atoms with Gasteiger partial charge < -0.3 is 22.3 Å². The Morgan fingerprint density at radius 1 is 0.953 bits per heavy atom. The predicted molar refractivity (Wildman–Crippen MR) is 171 cm³/mol. The summed E-state index contributed by atoms with van der Waals surface area (Å²) in [5.74, 6) is -0.354. The Kier molecular flexibility index (Phi) is 8.79. The average Bonchev–Trinajstić information content (AvgIpc) is 3.50. The number of aromatic nitrogens is 4. The van der Waals surface area contributed by atoms with E-state index in [9.17, 15) is 9.59 Å². The molecule has 3 atom stereocenters. The summed E-state index contributed by atoms with van der Waals surface area (Å²) in [5.41, 5.74) is 2.54. The summed E-state index contributed by atoms with van der Waals surface area (Å²) in [6.07, 6.45) is 1.58. The van der Waals surface area contributed by atoms with E-state index in [4.69, 9.17) is 17.7 Å². The smallest absolute Gasteiger partial charge is 0.335 e. The van der Waals surface area contributed by atoms with Gasteiger partial charge >= 0.3 is 17.1 Å². The molecule has 0 radical (unpaired) electrons. The van der Waals surface area contributed by atoms with E-state index in [0.29, 0.717) is 29.4 Å². The molecule has 2 saturated heterocycles. The first-order chi connectivity index (χ1) is 20.2. The number of nitrogens with zero attached hydrogens (tertiary/aromatic N) is 3. The first-order valence-corrected chi connectivity index (χ1v) is 19.5. The molecule has 0 bridgehead atoms. The van der Waals surface area contributed by atoms with Crippen molar-refractivity contribution in [1.29, 1.82) is 0 Å². The molecule has 2 aliphatic rings. The molecule has 3 aromatic rings. The molecule has 4 heterocycles. The molecule has 2 aliphatic heterocycles. The van der Waals surface area contributed by atoms with Gasteiger partial charge in [-0.2, -0.15) is 0 Å². The number of H-pyrrole nitrogens is 1. The van der Waals surface area contributed by atoms with Crippen molar-refractivity contribution in [2.75, 3.05) is 11.9 Å². The largest absolute Gasteiger partial charge is 0.414 e. The second kappa shape index (κ2) is 11.8. The summed E-state index contributed by atoms with van der Waals surface area (Å²) in [4.78, 5) is 36.9. The van der Waals surface area contributed by atoms with E-state index in [1.807, 2.05) is 10.6 Å². The zero-order valence-electron chi connectivity index (χ0n) is 27.1. The van der Waals surface area contributed by atoms with Crippen LogP contribution >= 0.6 is 0 Å². The van der Waals surface area contributed by atoms with E-state index >= 15 is 0 Å². The summed E-state index contributed by atoms with van der Waals surface area (Å²) >= 11 is 0. The highest BCUT2D eigenvalue weighted by Crippen LogP contribution is 2.48. The number of nitrogens with one attached hydrogen (secondary N) is 2. The molecule has 0 spiro atoms. The van der Waals surface area contributed by atoms with Crippen LogP contribution in [0.5, 0.6) is 0 Å². The fraction of sp³-hybridized carbons (Fsp3) is 0.667. The second-order valence-corrected chi connectivity index (χ2v) is 22.4. The molecule has 2 fully saturated rings. The first-order valence-electron chi connectivity index (χ1n) is 15.6. The molecule has 2 N–H and O–H groups in total. The topological polar surface area (TPSA) is 130 Å². The molecule has 2 aromatic heterocycles. The highest BCUT2D eigenvalue weighted by molar-refractivity contribution is 6.84. The lowest BCUT2D eigenvalue weighted by atomic mass is 10.2. The normalized spacial score (nSPS) is 23.9. The summed E-state index contributed by atoms with van der Waals surface area (Å²) < 4.78 is 30.1. The predicted octanol–water partition coefficient (Wildman–Crippen LogP) is 6.11. The van der Waals surface area contributed by atoms with E-state index in [2.05, 4.69) is 75.7 Å². The van der Waals surface area contributed by atoms with Crippen molar-refractivity contribution in [1.82, 2.24) is 19.5 Å². The van der Waals surface area contributed by atoms with Crippen LogP contribution in [-0.4, -0.2) is 61.4 Å². The summed E-state index contributed by atoms with van der Waals surface area (Å²) in [5, 5.41) is 3.09. The lowest BCUT2D eigenvalue weighted by Gasteiger charge is -2.51. The van der Waals surface area contributed by atoms with Crippen LogP contribution in [0.1, 0.15) is 81.9 Å². The van der Waals surface area contributed by atoms with Gasteiger partial charge in [-0.15, -0.1) is 0 Å². The standard InChI is InChI=1S/C30H47N5O6Si2/c1-16(2)28(36)33-30-32-22-12-24-23(11-21(22)29(37)34-30)31-15-35(24)27-13-25-26(39-27)14-38-42(17(3)4,18(5)6)41-43(40-25,19(7)8)20(9)10/h11-12,15-20,25-27H,13-14H2,1-10H3,(H2,32,33,34,36,37)/t25-,26+,27+/m0/s1. The number of hydrogen-bond donors (Lipinski definition) is 2. The van der Waals surface area contributed by atoms with Gasteiger partial charge in [0, 0.05) is 12.3 Å². The SMILES string of the molecule is CC(C)C(=O)Nc1nc2cc3c(cc2c(=O)[nH]1)ncn3[C@H]1C[C@@H]2O[Si](C(C)C)(C(C)C)O[Si](C(C)C)(C(C)C)OC[C@H]2O1. The molecule has 13 heteroatoms. The van der Waals surface area contributed by atoms with Crippen molar-refractivity contribution in [3.05, 3.63) is 28.8 Å². The van der Waals surface area contributed by atoms with E-state index < -0.39 is 17.1 Å². The Morgan fingerprint density at radius 3 is 2.21 bits per heavy atom. The lowest BCUT2D eigenvalue weighted by Crippen LogP contribution is -2.65. The zero-order chi connectivity index (χ0) is 31.4. The highest BCUT2D eigenvalue weighted by Gasteiger charge is 2.60. The quantitative estimate of drug-likeness (QED) is 0.300. The minimum Gasteiger partial charge on any atom is -0.414 e. The maximum Gasteiger partial charge on any atom is 0.335 e. The van der Waals surface area contributed by atoms with Crippen molar-refractivity contribution in [3.63, 3.8) is 0 Å². The van der Waals surface area contributed by atoms with Gasteiger partial charge in [0.15, 0.2) is 0 Å². The first kappa shape index (κ1) is 32.0. The third-order valence-corrected chi connectivity index (χ3v) is 19.3. The fourth-order valence-corrected chi connectivity index (χ4v) is 17.7. The number of fused-ring (bicyclic) bond motifs is 3. The third-order valence-electron chi connectivity index (χ3n) is 9.00. The van der Waals surface area contributed by atoms with Gasteiger partial charge in [-0.05, 0) is 34.3 Å². The minimum atomic E-state index is -2.76. The Labute approximate surface area is 255 Å². The van der Waals surface area contributed by atoms with Crippen molar-refractivity contribution in [2.45, 2.75) is 116 Å². The molecule has 0 saturated carbocycles. The number of hydrogen-bond acceptors (Lipinski definition) is 8. The fourth-order valence-electron chi connectivity index (χ4n) is 6.52. The van der Waals surface area contributed by atoms with Gasteiger partial charge in [-0.25, -0.2) is 9.97 Å². The van der Waals surface area contributed by atoms with Gasteiger partial charge in [0.2, 0.25) is 11.9 Å². The number of anilines is 1. The zero-order valence-corrected chi connectivity index (χ0v) is 29.1. The summed E-state index contributed by atoms with van der Waals surface area (Å²) in [6.45, 7) is 21.7. The van der Waals surface area contributed by atoms with Gasteiger partial charge in [0.25, 0.3) is 5.56 Å². The van der Waals surface area contributed by atoms with Crippen LogP contribution in [0.3, 0.4) is 0 Å². The minimum absolute atomic E-state index is 0.120. The highest BCUT2D eigenvalue weighted by atomic mass is 28.5. The number of aromatic amines is 1. The maximum atomic E-state index is 12.9. The number of ether oxygens (including phenoxy) is 1. The van der Waals surface area contributed by atoms with Crippen molar-refractivity contribution < 1.29 is 22.5 Å². The van der Waals surface area contributed by atoms with Gasteiger partial charge in [0.1, 0.15) is 12.3 Å². The van der Waals surface area contributed by atoms with Crippen LogP contribution in [-0.2, 0) is 22.5 Å². The van der Waals surface area contributed by atoms with Crippen LogP contribution in [0.25, 0.3) is 21.9 Å². The number of carbonyl (C=O) groups is 1. The van der Waals surface area contributed by atoms with Crippen LogP contribution in [0.2, 0.25) is 22.2 Å². The number of amides is 1. The van der Waals surface area contributed by atoms with Crippen molar-refractivity contribution in [3.8, 4) is 0 Å². The van der Waals surface area contributed by atoms with Gasteiger partial charge in [-0.3, -0.25) is 19.9 Å². The second-order valence-electron chi connectivity index (χ2n) is 13.6. The molecular weight excluding hydrogens is 583 g/mol. The molecular formula is C30H47N5O6Si2. The molecule has 1 aromatic carbocycles. The van der Waals surface area contributed by atoms with Crippen molar-refractivity contribution >= 4 is 50.9 Å². The molecule has 0 aliphatic carbocycles. The number of carbonyl (C=O) groups excluding carboxylic acids is 1. The van der Waals surface area contributed by atoms with E-state index in [1.54, 1.807) is 26.2 Å². The average molecular weight is 630 g/mol. The number of benzene rings is 1. The Morgan fingerprint density at radius 2 is 1.60 bits per heavy atom. The molecule has 5 rings (SSSR count).